The molecule has 0 unspecified atom stereocenters. The molecule has 1 aromatic heterocycles. The van der Waals surface area contributed by atoms with Gasteiger partial charge in [-0.1, -0.05) is 53.7 Å². The van der Waals surface area contributed by atoms with E-state index in [4.69, 9.17) is 14.5 Å². The number of hydrogen-bond donors (Lipinski definition) is 2. The first-order valence-corrected chi connectivity index (χ1v) is 15.1. The number of rotatable bonds is 7. The van der Waals surface area contributed by atoms with Gasteiger partial charge in [0.2, 0.25) is 5.91 Å². The number of hydrogen-bond acceptors (Lipinski definition) is 7. The third kappa shape index (κ3) is 6.37. The van der Waals surface area contributed by atoms with Crippen molar-refractivity contribution in [1.82, 2.24) is 14.9 Å². The summed E-state index contributed by atoms with van der Waals surface area (Å²) in [7, 11) is 1.95. The van der Waals surface area contributed by atoms with E-state index >= 15 is 0 Å². The Balaban J connectivity index is 1.31. The second-order valence-electron chi connectivity index (χ2n) is 13.4. The van der Waals surface area contributed by atoms with E-state index < -0.39 is 4.75 Å². The molecule has 1 aliphatic heterocycles. The van der Waals surface area contributed by atoms with Gasteiger partial charge in [-0.2, -0.15) is 0 Å². The number of ether oxygens (including phenoxy) is 2. The Labute approximate surface area is 256 Å². The number of aryl methyl sites for hydroxylation is 1. The van der Waals surface area contributed by atoms with Crippen molar-refractivity contribution in [2.75, 3.05) is 0 Å². The van der Waals surface area contributed by atoms with Gasteiger partial charge < -0.3 is 19.1 Å². The van der Waals surface area contributed by atoms with Crippen LogP contribution in [0.15, 0.2) is 54.6 Å². The number of phenols is 1. The van der Waals surface area contributed by atoms with Crippen LogP contribution in [0.25, 0.3) is 11.0 Å². The number of nitrogens with zero attached hydrogens (tertiary/aromatic N) is 2. The third-order valence-electron chi connectivity index (χ3n) is 7.73. The molecule has 0 spiro atoms. The molecular formula is C34H39N3O5S. The van der Waals surface area contributed by atoms with Gasteiger partial charge in [0.25, 0.3) is 5.24 Å². The first kappa shape index (κ1) is 30.5. The van der Waals surface area contributed by atoms with E-state index in [0.717, 1.165) is 45.3 Å². The van der Waals surface area contributed by atoms with Crippen molar-refractivity contribution >= 4 is 33.9 Å². The molecule has 2 N–H and O–H groups in total. The summed E-state index contributed by atoms with van der Waals surface area (Å²) in [6.45, 7) is 14.5. The van der Waals surface area contributed by atoms with Crippen LogP contribution in [0.3, 0.4) is 0 Å². The molecule has 0 bridgehead atoms. The largest absolute Gasteiger partial charge is 0.507 e. The number of aromatic nitrogens is 2. The van der Waals surface area contributed by atoms with Gasteiger partial charge >= 0.3 is 0 Å². The van der Waals surface area contributed by atoms with Crippen molar-refractivity contribution in [3.05, 3.63) is 77.1 Å². The second-order valence-corrected chi connectivity index (χ2v) is 14.9. The fourth-order valence-electron chi connectivity index (χ4n) is 5.22. The Morgan fingerprint density at radius 1 is 0.907 bits per heavy atom. The molecule has 2 amide bonds. The fourth-order valence-corrected chi connectivity index (χ4v) is 6.15. The number of imidazole rings is 1. The van der Waals surface area contributed by atoms with E-state index in [1.807, 2.05) is 66.2 Å². The van der Waals surface area contributed by atoms with Gasteiger partial charge in [-0.15, -0.1) is 0 Å². The molecule has 43 heavy (non-hydrogen) atoms. The molecule has 1 atom stereocenters. The lowest BCUT2D eigenvalue weighted by atomic mass is 9.79. The number of fused-ring (bicyclic) bond motifs is 1. The molecule has 8 nitrogen and oxygen atoms in total. The van der Waals surface area contributed by atoms with Crippen LogP contribution < -0.4 is 14.8 Å². The van der Waals surface area contributed by atoms with Crippen molar-refractivity contribution in [3.8, 4) is 23.0 Å². The monoisotopic (exact) mass is 601 g/mol. The number of carbonyl (C=O) groups excluding carboxylic acids is 2. The third-order valence-corrected chi connectivity index (χ3v) is 8.79. The van der Waals surface area contributed by atoms with E-state index in [1.165, 1.54) is 0 Å². The number of benzene rings is 3. The predicted octanol–water partition coefficient (Wildman–Crippen LogP) is 7.53. The van der Waals surface area contributed by atoms with Gasteiger partial charge in [0.05, 0.1) is 11.0 Å². The quantitative estimate of drug-likeness (QED) is 0.226. The summed E-state index contributed by atoms with van der Waals surface area (Å²) >= 11 is 1.03. The number of thioether (sulfide) groups is 1. The molecule has 2 heterocycles. The average molecular weight is 602 g/mol. The summed E-state index contributed by atoms with van der Waals surface area (Å²) in [6, 6.07) is 17.2. The molecule has 1 aliphatic rings. The minimum atomic E-state index is -0.804. The first-order valence-electron chi connectivity index (χ1n) is 14.3. The fraction of sp³-hybridized carbons (Fsp3) is 0.382. The lowest BCUT2D eigenvalue weighted by molar-refractivity contribution is -0.121. The molecule has 0 radical (unpaired) electrons. The molecule has 5 rings (SSSR count). The van der Waals surface area contributed by atoms with Crippen LogP contribution in [0.2, 0.25) is 0 Å². The van der Waals surface area contributed by atoms with Gasteiger partial charge in [0.15, 0.2) is 0 Å². The normalized spacial score (nSPS) is 17.4. The summed E-state index contributed by atoms with van der Waals surface area (Å²) in [4.78, 5) is 28.5. The highest BCUT2D eigenvalue weighted by Crippen LogP contribution is 2.43. The van der Waals surface area contributed by atoms with Crippen LogP contribution in [0.1, 0.15) is 71.0 Å². The highest BCUT2D eigenvalue weighted by molar-refractivity contribution is 8.16. The van der Waals surface area contributed by atoms with Crippen LogP contribution in [-0.4, -0.2) is 30.6 Å². The Morgan fingerprint density at radius 3 is 2.07 bits per heavy atom. The molecule has 3 aromatic carbocycles. The lowest BCUT2D eigenvalue weighted by Gasteiger charge is -2.28. The van der Waals surface area contributed by atoms with Gasteiger partial charge in [0, 0.05) is 24.2 Å². The Hall–Kier alpha value is -3.98. The highest BCUT2D eigenvalue weighted by atomic mass is 32.2. The summed E-state index contributed by atoms with van der Waals surface area (Å²) in [6.07, 6.45) is 0.448. The van der Waals surface area contributed by atoms with Crippen LogP contribution in [0.4, 0.5) is 4.79 Å². The molecule has 1 saturated heterocycles. The maximum Gasteiger partial charge on any atom is 0.286 e. The van der Waals surface area contributed by atoms with Crippen LogP contribution >= 0.6 is 11.8 Å². The minimum absolute atomic E-state index is 0.255. The molecular weight excluding hydrogens is 562 g/mol. The lowest BCUT2D eigenvalue weighted by Crippen LogP contribution is -2.35. The smallest absolute Gasteiger partial charge is 0.286 e. The molecule has 4 aromatic rings. The first-order chi connectivity index (χ1) is 20.0. The topological polar surface area (TPSA) is 103 Å². The van der Waals surface area contributed by atoms with Gasteiger partial charge in [-0.05, 0) is 77.9 Å². The maximum atomic E-state index is 12.2. The van der Waals surface area contributed by atoms with Crippen molar-refractivity contribution in [1.29, 1.82) is 0 Å². The van der Waals surface area contributed by atoms with Crippen LogP contribution in [-0.2, 0) is 35.7 Å². The second kappa shape index (κ2) is 10.9. The molecule has 0 aliphatic carbocycles. The predicted molar refractivity (Wildman–Crippen MR) is 170 cm³/mol. The van der Waals surface area contributed by atoms with E-state index in [-0.39, 0.29) is 28.6 Å². The molecule has 0 saturated carbocycles. The number of aromatic hydroxyl groups is 1. The standard InChI is InChI=1S/C34H39N3O5S/c1-32(2,3)24-15-23(16-25(29(24)38)33(4,5)6)42-22-13-14-26-27(17-22)37(8)28(35-26)19-41-21-11-9-20(10-12-21)18-34(7)30(39)36-31(40)43-34/h9-17,38H,18-19H2,1-8H3,(H,36,39,40)/t34-/m1/s1. The highest BCUT2D eigenvalue weighted by Gasteiger charge is 2.43. The number of imide groups is 1. The summed E-state index contributed by atoms with van der Waals surface area (Å²) in [5.74, 6) is 2.85. The summed E-state index contributed by atoms with van der Waals surface area (Å²) in [5, 5.41) is 13.1. The minimum Gasteiger partial charge on any atom is -0.507 e. The van der Waals surface area contributed by atoms with Crippen molar-refractivity contribution < 1.29 is 24.2 Å². The van der Waals surface area contributed by atoms with Crippen LogP contribution in [0, 0.1) is 0 Å². The van der Waals surface area contributed by atoms with E-state index in [0.29, 0.717) is 29.4 Å². The number of carbonyl (C=O) groups is 2. The van der Waals surface area contributed by atoms with Crippen LogP contribution in [0.5, 0.6) is 23.0 Å². The zero-order valence-electron chi connectivity index (χ0n) is 26.0. The Kier molecular flexibility index (Phi) is 7.75. The Morgan fingerprint density at radius 2 is 1.51 bits per heavy atom. The van der Waals surface area contributed by atoms with E-state index in [1.54, 1.807) is 6.92 Å². The average Bonchev–Trinajstić information content (AvgIpc) is 3.36. The summed E-state index contributed by atoms with van der Waals surface area (Å²) < 4.78 is 13.6. The van der Waals surface area contributed by atoms with Crippen molar-refractivity contribution in [2.24, 2.45) is 7.05 Å². The Bertz CT molecular complexity index is 1680. The number of amides is 2. The number of nitrogens with one attached hydrogen (secondary N) is 1. The molecule has 9 heteroatoms. The molecule has 1 fully saturated rings. The maximum absolute atomic E-state index is 12.2. The van der Waals surface area contributed by atoms with Crippen molar-refractivity contribution in [3.63, 3.8) is 0 Å². The van der Waals surface area contributed by atoms with Gasteiger partial charge in [0.1, 0.15) is 40.2 Å². The number of phenolic OH excluding ortho intramolecular Hbond substituents is 1. The van der Waals surface area contributed by atoms with Crippen molar-refractivity contribution in [2.45, 2.75) is 77.1 Å². The summed E-state index contributed by atoms with van der Waals surface area (Å²) in [5.41, 5.74) is 3.86. The van der Waals surface area contributed by atoms with Gasteiger partial charge in [-0.25, -0.2) is 4.98 Å². The van der Waals surface area contributed by atoms with E-state index in [2.05, 4.69) is 46.9 Å². The zero-order chi connectivity index (χ0) is 31.3. The molecule has 226 valence electrons. The van der Waals surface area contributed by atoms with E-state index in [9.17, 15) is 14.7 Å². The SMILES string of the molecule is Cn1c(COc2ccc(C[C@@]3(C)SC(=O)NC3=O)cc2)nc2ccc(Oc3cc(C(C)(C)C)c(O)c(C(C)(C)C)c3)cc21. The van der Waals surface area contributed by atoms with Gasteiger partial charge in [-0.3, -0.25) is 14.9 Å². The zero-order valence-corrected chi connectivity index (χ0v) is 26.8.